The fourth-order valence-corrected chi connectivity index (χ4v) is 5.03. The van der Waals surface area contributed by atoms with Gasteiger partial charge >= 0.3 is 6.09 Å². The van der Waals surface area contributed by atoms with Gasteiger partial charge in [-0.2, -0.15) is 0 Å². The summed E-state index contributed by atoms with van der Waals surface area (Å²) in [6.45, 7) is -0.251. The van der Waals surface area contributed by atoms with E-state index >= 15 is 0 Å². The van der Waals surface area contributed by atoms with Gasteiger partial charge in [0.1, 0.15) is 12.6 Å². The van der Waals surface area contributed by atoms with Crippen LogP contribution in [0.15, 0.2) is 103 Å². The average Bonchev–Trinajstić information content (AvgIpc) is 3.33. The number of alkyl carbamates (subject to hydrolysis) is 1. The van der Waals surface area contributed by atoms with Gasteiger partial charge in [0.15, 0.2) is 0 Å². The van der Waals surface area contributed by atoms with Crippen molar-refractivity contribution < 1.29 is 24.2 Å². The standard InChI is InChI=1S/C33H31N3O5/c37-20-23-14-16-24(17-15-23)35-31(38)19-34-32(39)30(18-22-8-2-1-3-9-22)36-33(40)41-21-29-27-12-6-4-10-25(27)26-11-5-7-13-28(26)29/h1-17,29-30,37H,18-21H2,(H,34,39)(H,35,38)(H,36,40)/t30-/m0/s1. The van der Waals surface area contributed by atoms with Gasteiger partial charge in [0.25, 0.3) is 0 Å². The van der Waals surface area contributed by atoms with Crippen molar-refractivity contribution in [3.05, 3.63) is 125 Å². The molecule has 0 aliphatic heterocycles. The monoisotopic (exact) mass is 549 g/mol. The quantitative estimate of drug-likeness (QED) is 0.234. The van der Waals surface area contributed by atoms with Crippen LogP contribution in [0.5, 0.6) is 0 Å². The fraction of sp³-hybridized carbons (Fsp3) is 0.182. The summed E-state index contributed by atoms with van der Waals surface area (Å²) >= 11 is 0. The zero-order valence-electron chi connectivity index (χ0n) is 22.4. The Kier molecular flexibility index (Phi) is 8.71. The van der Waals surface area contributed by atoms with E-state index in [2.05, 4.69) is 28.1 Å². The number of hydrogen-bond acceptors (Lipinski definition) is 5. The smallest absolute Gasteiger partial charge is 0.407 e. The molecule has 8 heteroatoms. The molecule has 4 aromatic carbocycles. The minimum Gasteiger partial charge on any atom is -0.449 e. The molecule has 4 aromatic rings. The Bertz CT molecular complexity index is 1480. The van der Waals surface area contributed by atoms with Crippen LogP contribution in [0.1, 0.15) is 28.2 Å². The predicted octanol–water partition coefficient (Wildman–Crippen LogP) is 4.38. The van der Waals surface area contributed by atoms with E-state index in [9.17, 15) is 14.4 Å². The summed E-state index contributed by atoms with van der Waals surface area (Å²) in [6.07, 6.45) is -0.488. The lowest BCUT2D eigenvalue weighted by Gasteiger charge is -2.20. The van der Waals surface area contributed by atoms with Crippen LogP contribution in [0.3, 0.4) is 0 Å². The van der Waals surface area contributed by atoms with Crippen molar-refractivity contribution >= 4 is 23.6 Å². The maximum absolute atomic E-state index is 13.1. The molecule has 0 fully saturated rings. The first-order valence-electron chi connectivity index (χ1n) is 13.4. The predicted molar refractivity (Wildman–Crippen MR) is 156 cm³/mol. The number of nitrogens with one attached hydrogen (secondary N) is 3. The number of carbonyl (C=O) groups is 3. The highest BCUT2D eigenvalue weighted by atomic mass is 16.5. The highest BCUT2D eigenvalue weighted by molar-refractivity contribution is 5.95. The lowest BCUT2D eigenvalue weighted by molar-refractivity contribution is -0.125. The molecule has 0 aromatic heterocycles. The van der Waals surface area contributed by atoms with Crippen LogP contribution in [0.4, 0.5) is 10.5 Å². The molecule has 0 saturated heterocycles. The molecule has 8 nitrogen and oxygen atoms in total. The van der Waals surface area contributed by atoms with E-state index in [1.807, 2.05) is 66.7 Å². The van der Waals surface area contributed by atoms with Crippen molar-refractivity contribution in [1.29, 1.82) is 0 Å². The van der Waals surface area contributed by atoms with Gasteiger partial charge in [-0.3, -0.25) is 9.59 Å². The third-order valence-electron chi connectivity index (χ3n) is 7.08. The first-order valence-corrected chi connectivity index (χ1v) is 13.4. The Balaban J connectivity index is 1.21. The van der Waals surface area contributed by atoms with E-state index in [1.54, 1.807) is 24.3 Å². The van der Waals surface area contributed by atoms with Crippen molar-refractivity contribution in [2.45, 2.75) is 25.0 Å². The summed E-state index contributed by atoms with van der Waals surface area (Å²) in [5.74, 6) is -1.03. The number of aliphatic hydroxyl groups is 1. The summed E-state index contributed by atoms with van der Waals surface area (Å²) in [5.41, 5.74) is 6.55. The second kappa shape index (κ2) is 12.9. The van der Waals surface area contributed by atoms with Crippen LogP contribution >= 0.6 is 0 Å². The first kappa shape index (κ1) is 27.6. The third-order valence-corrected chi connectivity index (χ3v) is 7.08. The van der Waals surface area contributed by atoms with Crippen LogP contribution in [0, 0.1) is 0 Å². The molecule has 0 radical (unpaired) electrons. The SMILES string of the molecule is O=C(CNC(=O)[C@H](Cc1ccccc1)NC(=O)OCC1c2ccccc2-c2ccccc21)Nc1ccc(CO)cc1. The molecule has 1 atom stereocenters. The highest BCUT2D eigenvalue weighted by Crippen LogP contribution is 2.44. The Morgan fingerprint density at radius 1 is 0.756 bits per heavy atom. The summed E-state index contributed by atoms with van der Waals surface area (Å²) < 4.78 is 5.65. The van der Waals surface area contributed by atoms with Crippen LogP contribution in [0.2, 0.25) is 0 Å². The van der Waals surface area contributed by atoms with Crippen molar-refractivity contribution in [3.63, 3.8) is 0 Å². The zero-order valence-corrected chi connectivity index (χ0v) is 22.4. The lowest BCUT2D eigenvalue weighted by Crippen LogP contribution is -2.49. The molecule has 0 saturated carbocycles. The highest BCUT2D eigenvalue weighted by Gasteiger charge is 2.30. The van der Waals surface area contributed by atoms with Gasteiger partial charge in [0.05, 0.1) is 13.2 Å². The van der Waals surface area contributed by atoms with E-state index in [0.717, 1.165) is 33.4 Å². The van der Waals surface area contributed by atoms with E-state index in [-0.39, 0.29) is 32.1 Å². The molecule has 1 aliphatic carbocycles. The number of rotatable bonds is 10. The molecule has 1 aliphatic rings. The average molecular weight is 550 g/mol. The third kappa shape index (κ3) is 6.80. The van der Waals surface area contributed by atoms with Gasteiger partial charge in [0.2, 0.25) is 11.8 Å². The molecule has 4 N–H and O–H groups in total. The van der Waals surface area contributed by atoms with Gasteiger partial charge in [-0.05, 0) is 45.5 Å². The number of anilines is 1. The first-order chi connectivity index (χ1) is 20.0. The second-order valence-electron chi connectivity index (χ2n) is 9.83. The molecule has 3 amide bonds. The maximum Gasteiger partial charge on any atom is 0.407 e. The summed E-state index contributed by atoms with van der Waals surface area (Å²) in [7, 11) is 0. The number of aliphatic hydroxyl groups excluding tert-OH is 1. The number of ether oxygens (including phenoxy) is 1. The number of fused-ring (bicyclic) bond motifs is 3. The lowest BCUT2D eigenvalue weighted by atomic mass is 9.98. The van der Waals surface area contributed by atoms with Gasteiger partial charge < -0.3 is 25.8 Å². The van der Waals surface area contributed by atoms with Crippen LogP contribution in [-0.4, -0.2) is 42.2 Å². The number of carbonyl (C=O) groups excluding carboxylic acids is 3. The molecule has 0 unspecified atom stereocenters. The molecule has 208 valence electrons. The Hall–Kier alpha value is -4.95. The number of hydrogen-bond donors (Lipinski definition) is 4. The molecule has 0 spiro atoms. The molecule has 0 heterocycles. The second-order valence-corrected chi connectivity index (χ2v) is 9.83. The number of benzene rings is 4. The van der Waals surface area contributed by atoms with E-state index < -0.39 is 23.9 Å². The van der Waals surface area contributed by atoms with Crippen LogP contribution < -0.4 is 16.0 Å². The molecule has 5 rings (SSSR count). The number of amides is 3. The Morgan fingerprint density at radius 3 is 2.00 bits per heavy atom. The van der Waals surface area contributed by atoms with E-state index in [4.69, 9.17) is 9.84 Å². The van der Waals surface area contributed by atoms with E-state index in [1.165, 1.54) is 0 Å². The zero-order chi connectivity index (χ0) is 28.6. The molecule has 41 heavy (non-hydrogen) atoms. The Labute approximate surface area is 238 Å². The van der Waals surface area contributed by atoms with Gasteiger partial charge in [0, 0.05) is 18.0 Å². The van der Waals surface area contributed by atoms with E-state index in [0.29, 0.717) is 5.69 Å². The normalized spacial score (nSPS) is 12.5. The molecule has 0 bridgehead atoms. The van der Waals surface area contributed by atoms with Gasteiger partial charge in [-0.25, -0.2) is 4.79 Å². The summed E-state index contributed by atoms with van der Waals surface area (Å²) in [5, 5.41) is 17.2. The summed E-state index contributed by atoms with van der Waals surface area (Å²) in [6, 6.07) is 31.2. The topological polar surface area (TPSA) is 117 Å². The molecular weight excluding hydrogens is 518 g/mol. The van der Waals surface area contributed by atoms with Crippen LogP contribution in [0.25, 0.3) is 11.1 Å². The molecular formula is C33H31N3O5. The minimum absolute atomic E-state index is 0.0935. The van der Waals surface area contributed by atoms with Crippen LogP contribution in [-0.2, 0) is 27.4 Å². The largest absolute Gasteiger partial charge is 0.449 e. The van der Waals surface area contributed by atoms with Crippen molar-refractivity contribution in [2.75, 3.05) is 18.5 Å². The summed E-state index contributed by atoms with van der Waals surface area (Å²) in [4.78, 5) is 38.5. The van der Waals surface area contributed by atoms with Crippen molar-refractivity contribution in [2.24, 2.45) is 0 Å². The van der Waals surface area contributed by atoms with Crippen molar-refractivity contribution in [1.82, 2.24) is 10.6 Å². The fourth-order valence-electron chi connectivity index (χ4n) is 5.03. The maximum atomic E-state index is 13.1. The minimum atomic E-state index is -0.954. The van der Waals surface area contributed by atoms with Gasteiger partial charge in [-0.1, -0.05) is 91.0 Å². The van der Waals surface area contributed by atoms with Crippen molar-refractivity contribution in [3.8, 4) is 11.1 Å². The van der Waals surface area contributed by atoms with Gasteiger partial charge in [-0.15, -0.1) is 0 Å². The Morgan fingerprint density at radius 2 is 1.37 bits per heavy atom.